The summed E-state index contributed by atoms with van der Waals surface area (Å²) >= 11 is 0. The molecule has 0 bridgehead atoms. The largest absolute Gasteiger partial charge is 0.399 e. The van der Waals surface area contributed by atoms with Crippen molar-refractivity contribution in [2.45, 2.75) is 13.5 Å². The third kappa shape index (κ3) is 6.43. The molecule has 120 valence electrons. The van der Waals surface area contributed by atoms with Crippen LogP contribution in [0.5, 0.6) is 0 Å². The van der Waals surface area contributed by atoms with Crippen molar-refractivity contribution in [1.82, 2.24) is 14.5 Å². The fourth-order valence-corrected chi connectivity index (χ4v) is 1.77. The van der Waals surface area contributed by atoms with Crippen LogP contribution >= 0.6 is 0 Å². The van der Waals surface area contributed by atoms with E-state index in [-0.39, 0.29) is 0 Å². The van der Waals surface area contributed by atoms with Crippen LogP contribution in [-0.2, 0) is 11.3 Å². The Kier molecular flexibility index (Phi) is 7.57. The molecule has 0 saturated carbocycles. The van der Waals surface area contributed by atoms with Crippen LogP contribution < -0.4 is 11.5 Å². The number of carbonyl (C=O) groups excluding carboxylic acids is 1. The van der Waals surface area contributed by atoms with Crippen LogP contribution in [-0.4, -0.2) is 21.3 Å². The minimum atomic E-state index is 0.572. The molecule has 0 atom stereocenters. The van der Waals surface area contributed by atoms with Crippen molar-refractivity contribution >= 4 is 18.3 Å². The fourth-order valence-electron chi connectivity index (χ4n) is 1.77. The Morgan fingerprint density at radius 1 is 1.00 bits per heavy atom. The second-order valence-corrected chi connectivity index (χ2v) is 4.60. The molecule has 1 aromatic carbocycles. The number of nitrogen functional groups attached to an aromatic ring is 2. The molecule has 0 saturated heterocycles. The molecule has 0 unspecified atom stereocenters. The van der Waals surface area contributed by atoms with Crippen LogP contribution in [0.2, 0.25) is 0 Å². The van der Waals surface area contributed by atoms with E-state index in [9.17, 15) is 0 Å². The number of aryl methyl sites for hydroxylation is 1. The molecule has 3 aromatic rings. The number of hydrogen-bond donors (Lipinski definition) is 2. The van der Waals surface area contributed by atoms with Gasteiger partial charge in [-0.3, -0.25) is 0 Å². The molecule has 0 fully saturated rings. The SMILES string of the molecule is C=O.Cc1nccn1Cc1ccc(N)cc1.Nc1ccccn1. The van der Waals surface area contributed by atoms with E-state index in [4.69, 9.17) is 16.3 Å². The van der Waals surface area contributed by atoms with Gasteiger partial charge in [0, 0.05) is 30.8 Å². The highest BCUT2D eigenvalue weighted by atomic mass is 16.1. The standard InChI is InChI=1S/C11H13N3.C5H6N2.CH2O/c1-9-13-6-7-14(9)8-10-2-4-11(12)5-3-10;6-5-3-1-2-4-7-5;1-2/h2-7H,8,12H2,1H3;1-4H,(H2,6,7);1H2. The molecule has 23 heavy (non-hydrogen) atoms. The number of aromatic nitrogens is 3. The first-order valence-corrected chi connectivity index (χ1v) is 6.92. The van der Waals surface area contributed by atoms with E-state index in [2.05, 4.69) is 14.5 Å². The third-order valence-electron chi connectivity index (χ3n) is 2.94. The molecule has 0 amide bonds. The summed E-state index contributed by atoms with van der Waals surface area (Å²) in [4.78, 5) is 15.9. The van der Waals surface area contributed by atoms with E-state index in [0.717, 1.165) is 18.1 Å². The number of hydrogen-bond acceptors (Lipinski definition) is 5. The molecule has 0 radical (unpaired) electrons. The summed E-state index contributed by atoms with van der Waals surface area (Å²) < 4.78 is 2.10. The molecule has 0 spiro atoms. The molecular formula is C17H21N5O. The molecule has 0 aliphatic heterocycles. The van der Waals surface area contributed by atoms with Gasteiger partial charge in [0.25, 0.3) is 0 Å². The van der Waals surface area contributed by atoms with Crippen molar-refractivity contribution in [3.63, 3.8) is 0 Å². The fraction of sp³-hybridized carbons (Fsp3) is 0.118. The lowest BCUT2D eigenvalue weighted by molar-refractivity contribution is -0.0979. The normalized spacial score (nSPS) is 9.09. The predicted molar refractivity (Wildman–Crippen MR) is 92.7 cm³/mol. The zero-order valence-electron chi connectivity index (χ0n) is 13.1. The van der Waals surface area contributed by atoms with Crippen LogP contribution in [0, 0.1) is 6.92 Å². The van der Waals surface area contributed by atoms with Crippen molar-refractivity contribution in [2.75, 3.05) is 11.5 Å². The van der Waals surface area contributed by atoms with Crippen molar-refractivity contribution in [3.8, 4) is 0 Å². The summed E-state index contributed by atoms with van der Waals surface area (Å²) in [5.74, 6) is 1.60. The summed E-state index contributed by atoms with van der Waals surface area (Å²) in [6, 6.07) is 13.3. The summed E-state index contributed by atoms with van der Waals surface area (Å²) in [6.45, 7) is 4.85. The lowest BCUT2D eigenvalue weighted by Gasteiger charge is -2.05. The molecule has 6 nitrogen and oxygen atoms in total. The van der Waals surface area contributed by atoms with E-state index in [1.807, 2.05) is 62.5 Å². The number of pyridine rings is 1. The van der Waals surface area contributed by atoms with Crippen molar-refractivity contribution in [1.29, 1.82) is 0 Å². The van der Waals surface area contributed by atoms with Crippen molar-refractivity contribution in [3.05, 3.63) is 72.4 Å². The van der Waals surface area contributed by atoms with Crippen LogP contribution in [0.1, 0.15) is 11.4 Å². The van der Waals surface area contributed by atoms with Gasteiger partial charge in [-0.05, 0) is 36.8 Å². The summed E-state index contributed by atoms with van der Waals surface area (Å²) in [5, 5.41) is 0. The molecule has 2 heterocycles. The van der Waals surface area contributed by atoms with Gasteiger partial charge < -0.3 is 20.8 Å². The molecule has 3 rings (SSSR count). The van der Waals surface area contributed by atoms with Crippen LogP contribution in [0.4, 0.5) is 11.5 Å². The number of nitrogens with two attached hydrogens (primary N) is 2. The Balaban J connectivity index is 0.000000247. The average molecular weight is 311 g/mol. The Morgan fingerprint density at radius 3 is 2.13 bits per heavy atom. The highest BCUT2D eigenvalue weighted by Gasteiger charge is 1.97. The summed E-state index contributed by atoms with van der Waals surface area (Å²) in [7, 11) is 0. The minimum absolute atomic E-state index is 0.572. The zero-order chi connectivity index (χ0) is 17.1. The molecule has 4 N–H and O–H groups in total. The van der Waals surface area contributed by atoms with Gasteiger partial charge in [0.15, 0.2) is 0 Å². The van der Waals surface area contributed by atoms with E-state index >= 15 is 0 Å². The van der Waals surface area contributed by atoms with Gasteiger partial charge in [-0.2, -0.15) is 0 Å². The Hall–Kier alpha value is -3.15. The summed E-state index contributed by atoms with van der Waals surface area (Å²) in [5.41, 5.74) is 12.9. The Labute approximate surface area is 135 Å². The van der Waals surface area contributed by atoms with Gasteiger partial charge >= 0.3 is 0 Å². The third-order valence-corrected chi connectivity index (χ3v) is 2.94. The van der Waals surface area contributed by atoms with Gasteiger partial charge in [-0.1, -0.05) is 18.2 Å². The monoisotopic (exact) mass is 311 g/mol. The minimum Gasteiger partial charge on any atom is -0.399 e. The Bertz CT molecular complexity index is 680. The first kappa shape index (κ1) is 17.9. The maximum absolute atomic E-state index is 8.00. The number of imidazole rings is 1. The van der Waals surface area contributed by atoms with Gasteiger partial charge in [-0.25, -0.2) is 9.97 Å². The number of benzene rings is 1. The lowest BCUT2D eigenvalue weighted by atomic mass is 10.2. The molecule has 6 heteroatoms. The van der Waals surface area contributed by atoms with Crippen molar-refractivity contribution in [2.24, 2.45) is 0 Å². The van der Waals surface area contributed by atoms with E-state index < -0.39 is 0 Å². The highest BCUT2D eigenvalue weighted by molar-refractivity contribution is 5.39. The first-order valence-electron chi connectivity index (χ1n) is 6.92. The number of rotatable bonds is 2. The van der Waals surface area contributed by atoms with Gasteiger partial charge in [0.05, 0.1) is 0 Å². The molecule has 0 aliphatic carbocycles. The number of nitrogens with zero attached hydrogens (tertiary/aromatic N) is 3. The van der Waals surface area contributed by atoms with Crippen LogP contribution in [0.15, 0.2) is 61.1 Å². The lowest BCUT2D eigenvalue weighted by Crippen LogP contribution is -2.00. The smallest absolute Gasteiger partial charge is 0.123 e. The highest BCUT2D eigenvalue weighted by Crippen LogP contribution is 2.08. The van der Waals surface area contributed by atoms with E-state index in [1.54, 1.807) is 12.3 Å². The second-order valence-electron chi connectivity index (χ2n) is 4.60. The first-order chi connectivity index (χ1) is 11.1. The maximum atomic E-state index is 8.00. The van der Waals surface area contributed by atoms with Crippen molar-refractivity contribution < 1.29 is 4.79 Å². The van der Waals surface area contributed by atoms with Crippen LogP contribution in [0.3, 0.4) is 0 Å². The average Bonchev–Trinajstić information content (AvgIpc) is 2.98. The molecule has 2 aromatic heterocycles. The maximum Gasteiger partial charge on any atom is 0.123 e. The van der Waals surface area contributed by atoms with E-state index in [1.165, 1.54) is 5.56 Å². The van der Waals surface area contributed by atoms with Crippen LogP contribution in [0.25, 0.3) is 0 Å². The molecular weight excluding hydrogens is 290 g/mol. The quantitative estimate of drug-likeness (QED) is 0.707. The summed E-state index contributed by atoms with van der Waals surface area (Å²) in [6.07, 6.45) is 5.45. The van der Waals surface area contributed by atoms with Gasteiger partial charge in [0.2, 0.25) is 0 Å². The predicted octanol–water partition coefficient (Wildman–Crippen LogP) is 2.30. The topological polar surface area (TPSA) is 99.8 Å². The zero-order valence-corrected chi connectivity index (χ0v) is 13.1. The number of carbonyl (C=O) groups is 1. The number of anilines is 2. The van der Waals surface area contributed by atoms with E-state index in [0.29, 0.717) is 5.82 Å². The van der Waals surface area contributed by atoms with Gasteiger partial charge in [-0.15, -0.1) is 0 Å². The molecule has 0 aliphatic rings. The second kappa shape index (κ2) is 9.73. The Morgan fingerprint density at radius 2 is 1.70 bits per heavy atom. The van der Waals surface area contributed by atoms with Gasteiger partial charge in [0.1, 0.15) is 18.4 Å².